The Kier molecular flexibility index (Phi) is 7.45. The highest BCUT2D eigenvalue weighted by molar-refractivity contribution is 5.09. The molecule has 0 aromatic rings. The molecule has 0 amide bonds. The van der Waals surface area contributed by atoms with Crippen molar-refractivity contribution in [2.45, 2.75) is 66.2 Å². The Bertz CT molecular complexity index is 208. The summed E-state index contributed by atoms with van der Waals surface area (Å²) in [6, 6.07) is 0. The van der Waals surface area contributed by atoms with Crippen molar-refractivity contribution in [1.29, 1.82) is 0 Å². The monoisotopic (exact) mass is 222 g/mol. The molecule has 0 nitrogen and oxygen atoms in total. The Morgan fingerprint density at radius 3 is 2.19 bits per heavy atom. The average molecular weight is 222 g/mol. The van der Waals surface area contributed by atoms with Crippen LogP contribution in [0.1, 0.15) is 66.2 Å². The molecule has 0 aromatic heterocycles. The Morgan fingerprint density at radius 2 is 1.69 bits per heavy atom. The molecule has 16 heavy (non-hydrogen) atoms. The molecule has 0 atom stereocenters. The van der Waals surface area contributed by atoms with Crippen LogP contribution in [0.3, 0.4) is 0 Å². The molecule has 0 rings (SSSR count). The summed E-state index contributed by atoms with van der Waals surface area (Å²) >= 11 is 0. The van der Waals surface area contributed by atoms with E-state index in [2.05, 4.69) is 40.9 Å². The maximum atomic E-state index is 4.24. The molecule has 0 aromatic carbocycles. The number of rotatable bonds is 9. The van der Waals surface area contributed by atoms with Gasteiger partial charge in [0.2, 0.25) is 0 Å². The molecule has 0 radical (unpaired) electrons. The van der Waals surface area contributed by atoms with E-state index >= 15 is 0 Å². The second kappa shape index (κ2) is 7.70. The van der Waals surface area contributed by atoms with Crippen LogP contribution in [0, 0.1) is 11.3 Å². The summed E-state index contributed by atoms with van der Waals surface area (Å²) in [4.78, 5) is 0. The molecule has 0 heterocycles. The van der Waals surface area contributed by atoms with Crippen LogP contribution in [0.4, 0.5) is 0 Å². The second-order valence-electron chi connectivity index (χ2n) is 5.81. The lowest BCUT2D eigenvalue weighted by Gasteiger charge is -2.30. The minimum atomic E-state index is 0.312. The molecule has 0 heteroatoms. The van der Waals surface area contributed by atoms with Crippen LogP contribution in [-0.4, -0.2) is 0 Å². The van der Waals surface area contributed by atoms with Crippen molar-refractivity contribution in [3.63, 3.8) is 0 Å². The van der Waals surface area contributed by atoms with Gasteiger partial charge in [0.05, 0.1) is 0 Å². The summed E-state index contributed by atoms with van der Waals surface area (Å²) in [7, 11) is 0. The molecular weight excluding hydrogens is 192 g/mol. The fraction of sp³-hybridized carbons (Fsp3) is 0.750. The van der Waals surface area contributed by atoms with Crippen LogP contribution in [0.15, 0.2) is 24.8 Å². The zero-order valence-corrected chi connectivity index (χ0v) is 11.8. The van der Waals surface area contributed by atoms with Gasteiger partial charge >= 0.3 is 0 Å². The van der Waals surface area contributed by atoms with Gasteiger partial charge in [-0.15, -0.1) is 6.58 Å². The molecular formula is C16H30. The summed E-state index contributed by atoms with van der Waals surface area (Å²) in [6.45, 7) is 17.1. The average Bonchev–Trinajstić information content (AvgIpc) is 2.22. The van der Waals surface area contributed by atoms with Crippen LogP contribution >= 0.6 is 0 Å². The molecule has 0 aliphatic heterocycles. The maximum Gasteiger partial charge on any atom is -0.0145 e. The van der Waals surface area contributed by atoms with Crippen molar-refractivity contribution in [2.24, 2.45) is 11.3 Å². The first kappa shape index (κ1) is 15.5. The van der Waals surface area contributed by atoms with Crippen LogP contribution in [0.5, 0.6) is 0 Å². The van der Waals surface area contributed by atoms with E-state index in [9.17, 15) is 0 Å². The first-order valence-electron chi connectivity index (χ1n) is 6.72. The minimum Gasteiger partial charge on any atom is -0.103 e. The Hall–Kier alpha value is -0.520. The molecule has 0 N–H and O–H groups in total. The maximum absolute atomic E-state index is 4.24. The van der Waals surface area contributed by atoms with E-state index in [0.717, 1.165) is 0 Å². The van der Waals surface area contributed by atoms with Gasteiger partial charge in [-0.25, -0.2) is 0 Å². The van der Waals surface area contributed by atoms with Gasteiger partial charge in [-0.05, 0) is 30.6 Å². The SMILES string of the molecule is C=CCCCCCCC(C)(C)C(=C)C(C)C. The molecule has 0 saturated carbocycles. The van der Waals surface area contributed by atoms with Gasteiger partial charge in [-0.2, -0.15) is 0 Å². The number of hydrogen-bond acceptors (Lipinski definition) is 0. The van der Waals surface area contributed by atoms with Gasteiger partial charge in [-0.1, -0.05) is 65.2 Å². The molecule has 0 aliphatic rings. The number of hydrogen-bond donors (Lipinski definition) is 0. The smallest absolute Gasteiger partial charge is 0.0145 e. The van der Waals surface area contributed by atoms with Crippen molar-refractivity contribution < 1.29 is 0 Å². The fourth-order valence-corrected chi connectivity index (χ4v) is 2.15. The van der Waals surface area contributed by atoms with Crippen LogP contribution in [0.2, 0.25) is 0 Å². The molecule has 0 fully saturated rings. The third-order valence-electron chi connectivity index (χ3n) is 3.53. The summed E-state index contributed by atoms with van der Waals surface area (Å²) in [5.41, 5.74) is 1.71. The molecule has 94 valence electrons. The predicted molar refractivity (Wildman–Crippen MR) is 75.7 cm³/mol. The van der Waals surface area contributed by atoms with Gasteiger partial charge < -0.3 is 0 Å². The molecule has 0 spiro atoms. The van der Waals surface area contributed by atoms with Crippen molar-refractivity contribution in [3.8, 4) is 0 Å². The summed E-state index contributed by atoms with van der Waals surface area (Å²) in [6.07, 6.45) is 9.79. The molecule has 0 saturated heterocycles. The standard InChI is InChI=1S/C16H30/c1-7-8-9-10-11-12-13-16(5,6)15(4)14(2)3/h7,14H,1,4,8-13H2,2-3,5-6H3. The summed E-state index contributed by atoms with van der Waals surface area (Å²) in [5, 5.41) is 0. The van der Waals surface area contributed by atoms with Crippen LogP contribution in [-0.2, 0) is 0 Å². The zero-order chi connectivity index (χ0) is 12.6. The van der Waals surface area contributed by atoms with E-state index in [1.165, 1.54) is 44.1 Å². The van der Waals surface area contributed by atoms with Gasteiger partial charge in [0.1, 0.15) is 0 Å². The second-order valence-corrected chi connectivity index (χ2v) is 5.81. The van der Waals surface area contributed by atoms with Gasteiger partial charge in [0.25, 0.3) is 0 Å². The lowest BCUT2D eigenvalue weighted by molar-refractivity contribution is 0.355. The Balaban J connectivity index is 3.74. The molecule has 0 unspecified atom stereocenters. The van der Waals surface area contributed by atoms with E-state index in [1.807, 2.05) is 6.08 Å². The van der Waals surface area contributed by atoms with Crippen molar-refractivity contribution in [3.05, 3.63) is 24.8 Å². The first-order chi connectivity index (χ1) is 7.41. The van der Waals surface area contributed by atoms with E-state index in [4.69, 9.17) is 0 Å². The number of allylic oxidation sites excluding steroid dienone is 2. The lowest BCUT2D eigenvalue weighted by Crippen LogP contribution is -2.17. The van der Waals surface area contributed by atoms with Crippen molar-refractivity contribution in [1.82, 2.24) is 0 Å². The normalized spacial score (nSPS) is 11.8. The zero-order valence-electron chi connectivity index (χ0n) is 11.8. The highest BCUT2D eigenvalue weighted by Crippen LogP contribution is 2.35. The highest BCUT2D eigenvalue weighted by atomic mass is 14.3. The Morgan fingerprint density at radius 1 is 1.12 bits per heavy atom. The quantitative estimate of drug-likeness (QED) is 0.344. The van der Waals surface area contributed by atoms with Crippen molar-refractivity contribution >= 4 is 0 Å². The predicted octanol–water partition coefficient (Wildman–Crippen LogP) is 5.75. The van der Waals surface area contributed by atoms with Gasteiger partial charge in [0, 0.05) is 0 Å². The topological polar surface area (TPSA) is 0 Å². The third kappa shape index (κ3) is 6.15. The first-order valence-corrected chi connectivity index (χ1v) is 6.72. The summed E-state index contributed by atoms with van der Waals surface area (Å²) in [5.74, 6) is 0.607. The molecule has 0 bridgehead atoms. The Labute approximate surface area is 103 Å². The lowest BCUT2D eigenvalue weighted by atomic mass is 9.76. The summed E-state index contributed by atoms with van der Waals surface area (Å²) < 4.78 is 0. The third-order valence-corrected chi connectivity index (χ3v) is 3.53. The molecule has 0 aliphatic carbocycles. The van der Waals surface area contributed by atoms with E-state index in [0.29, 0.717) is 11.3 Å². The van der Waals surface area contributed by atoms with E-state index in [1.54, 1.807) is 0 Å². The highest BCUT2D eigenvalue weighted by Gasteiger charge is 2.22. The minimum absolute atomic E-state index is 0.312. The van der Waals surface area contributed by atoms with Crippen LogP contribution < -0.4 is 0 Å². The van der Waals surface area contributed by atoms with E-state index < -0.39 is 0 Å². The van der Waals surface area contributed by atoms with Gasteiger partial charge in [0.15, 0.2) is 0 Å². The fourth-order valence-electron chi connectivity index (χ4n) is 2.15. The number of unbranched alkanes of at least 4 members (excludes halogenated alkanes) is 4. The van der Waals surface area contributed by atoms with Gasteiger partial charge in [-0.3, -0.25) is 0 Å². The van der Waals surface area contributed by atoms with E-state index in [-0.39, 0.29) is 0 Å². The van der Waals surface area contributed by atoms with Crippen molar-refractivity contribution in [2.75, 3.05) is 0 Å². The largest absolute Gasteiger partial charge is 0.103 e. The van der Waals surface area contributed by atoms with Crippen LogP contribution in [0.25, 0.3) is 0 Å².